The standard InChI is InChI=1S/C40H22O2S/c1-3-12-28-26(10-1)37(23-17-18-25-24-9-6-8-16-35(24)43-36(25)21-23)27-11-2-4-13-29(27)38(28)31-22-41-33-19-20-34-39(40(31)33)30-14-5-7-15-32(30)42-34/h1-22H. The predicted molar refractivity (Wildman–Crippen MR) is 182 cm³/mol. The second-order valence-electron chi connectivity index (χ2n) is 11.2. The smallest absolute Gasteiger partial charge is 0.136 e. The van der Waals surface area contributed by atoms with Gasteiger partial charge in [0.2, 0.25) is 0 Å². The number of hydrogen-bond acceptors (Lipinski definition) is 3. The van der Waals surface area contributed by atoms with Gasteiger partial charge in [0.05, 0.1) is 6.26 Å². The van der Waals surface area contributed by atoms with Gasteiger partial charge in [0.15, 0.2) is 0 Å². The Balaban J connectivity index is 1.34. The molecule has 10 rings (SSSR count). The van der Waals surface area contributed by atoms with Gasteiger partial charge in [-0.1, -0.05) is 97.1 Å². The minimum absolute atomic E-state index is 0.863. The molecule has 0 aliphatic rings. The van der Waals surface area contributed by atoms with E-state index < -0.39 is 0 Å². The molecule has 3 heterocycles. The molecule has 0 saturated heterocycles. The van der Waals surface area contributed by atoms with Crippen LogP contribution in [0.3, 0.4) is 0 Å². The van der Waals surface area contributed by atoms with Crippen molar-refractivity contribution in [3.8, 4) is 22.3 Å². The molecule has 2 nitrogen and oxygen atoms in total. The normalized spacial score (nSPS) is 12.2. The first-order valence-electron chi connectivity index (χ1n) is 14.5. The molecular weight excluding hydrogens is 545 g/mol. The van der Waals surface area contributed by atoms with Crippen molar-refractivity contribution in [2.75, 3.05) is 0 Å². The van der Waals surface area contributed by atoms with Gasteiger partial charge in [-0.3, -0.25) is 0 Å². The summed E-state index contributed by atoms with van der Waals surface area (Å²) in [5, 5.41) is 10.8. The molecule has 0 amide bonds. The average molecular weight is 567 g/mol. The summed E-state index contributed by atoms with van der Waals surface area (Å²) in [7, 11) is 0. The van der Waals surface area contributed by atoms with E-state index in [1.165, 1.54) is 58.4 Å². The zero-order valence-electron chi connectivity index (χ0n) is 22.9. The molecule has 0 N–H and O–H groups in total. The van der Waals surface area contributed by atoms with Gasteiger partial charge in [0.1, 0.15) is 16.7 Å². The average Bonchev–Trinajstić information content (AvgIpc) is 3.76. The van der Waals surface area contributed by atoms with Crippen molar-refractivity contribution >= 4 is 86.0 Å². The van der Waals surface area contributed by atoms with Gasteiger partial charge in [0.25, 0.3) is 0 Å². The summed E-state index contributed by atoms with van der Waals surface area (Å²) in [4.78, 5) is 0. The van der Waals surface area contributed by atoms with E-state index in [-0.39, 0.29) is 0 Å². The third-order valence-electron chi connectivity index (χ3n) is 8.95. The van der Waals surface area contributed by atoms with E-state index in [0.29, 0.717) is 0 Å². The SMILES string of the molecule is c1ccc2c(c1)oc1ccc3occ(-c4c5ccccc5c(-c5ccc6c(c5)sc5ccccc56)c5ccccc45)c3c12. The molecule has 0 atom stereocenters. The lowest BCUT2D eigenvalue weighted by atomic mass is 9.85. The largest absolute Gasteiger partial charge is 0.464 e. The van der Waals surface area contributed by atoms with Crippen molar-refractivity contribution in [1.29, 1.82) is 0 Å². The van der Waals surface area contributed by atoms with E-state index in [1.54, 1.807) is 0 Å². The van der Waals surface area contributed by atoms with E-state index in [1.807, 2.05) is 41.9 Å². The first-order valence-corrected chi connectivity index (χ1v) is 15.3. The van der Waals surface area contributed by atoms with Crippen LogP contribution in [0.15, 0.2) is 142 Å². The Morgan fingerprint density at radius 3 is 1.79 bits per heavy atom. The molecule has 43 heavy (non-hydrogen) atoms. The van der Waals surface area contributed by atoms with Crippen LogP contribution in [0.25, 0.3) is 96.9 Å². The van der Waals surface area contributed by atoms with Crippen molar-refractivity contribution in [3.05, 3.63) is 134 Å². The number of para-hydroxylation sites is 1. The minimum Gasteiger partial charge on any atom is -0.464 e. The van der Waals surface area contributed by atoms with Crippen LogP contribution >= 0.6 is 11.3 Å². The van der Waals surface area contributed by atoms with Crippen molar-refractivity contribution in [3.63, 3.8) is 0 Å². The lowest BCUT2D eigenvalue weighted by molar-refractivity contribution is 0.616. The van der Waals surface area contributed by atoms with Crippen molar-refractivity contribution in [2.24, 2.45) is 0 Å². The number of hydrogen-bond donors (Lipinski definition) is 0. The summed E-state index contributed by atoms with van der Waals surface area (Å²) < 4.78 is 15.2. The molecule has 3 aromatic heterocycles. The van der Waals surface area contributed by atoms with Crippen LogP contribution in [-0.2, 0) is 0 Å². The van der Waals surface area contributed by atoms with E-state index in [0.717, 1.165) is 38.5 Å². The molecule has 3 heteroatoms. The second kappa shape index (κ2) is 8.57. The highest BCUT2D eigenvalue weighted by Crippen LogP contribution is 2.48. The molecule has 200 valence electrons. The van der Waals surface area contributed by atoms with Crippen LogP contribution in [0.5, 0.6) is 0 Å². The van der Waals surface area contributed by atoms with Crippen LogP contribution in [0.2, 0.25) is 0 Å². The summed E-state index contributed by atoms with van der Waals surface area (Å²) in [6, 6.07) is 45.6. The molecule has 10 aromatic rings. The Bertz CT molecular complexity index is 2680. The number of rotatable bonds is 2. The summed E-state index contributed by atoms with van der Waals surface area (Å²) >= 11 is 1.87. The van der Waals surface area contributed by atoms with Gasteiger partial charge < -0.3 is 8.83 Å². The number of fused-ring (bicyclic) bond motifs is 10. The summed E-state index contributed by atoms with van der Waals surface area (Å²) in [5.41, 5.74) is 7.40. The maximum absolute atomic E-state index is 6.29. The van der Waals surface area contributed by atoms with Gasteiger partial charge >= 0.3 is 0 Å². The Kier molecular flexibility index (Phi) is 4.63. The zero-order chi connectivity index (χ0) is 28.1. The predicted octanol–water partition coefficient (Wildman–Crippen LogP) is 12.3. The van der Waals surface area contributed by atoms with E-state index in [4.69, 9.17) is 8.83 Å². The highest BCUT2D eigenvalue weighted by atomic mass is 32.1. The van der Waals surface area contributed by atoms with Crippen LogP contribution in [-0.4, -0.2) is 0 Å². The fraction of sp³-hybridized carbons (Fsp3) is 0. The van der Waals surface area contributed by atoms with E-state index >= 15 is 0 Å². The molecule has 0 saturated carbocycles. The Hall–Kier alpha value is -5.38. The quantitative estimate of drug-likeness (QED) is 0.195. The molecule has 0 spiro atoms. The first-order chi connectivity index (χ1) is 21.3. The third kappa shape index (κ3) is 3.17. The highest BCUT2D eigenvalue weighted by molar-refractivity contribution is 7.25. The maximum atomic E-state index is 6.29. The van der Waals surface area contributed by atoms with Crippen LogP contribution in [0.4, 0.5) is 0 Å². The topological polar surface area (TPSA) is 26.3 Å². The molecule has 0 unspecified atom stereocenters. The second-order valence-corrected chi connectivity index (χ2v) is 12.3. The summed E-state index contributed by atoms with van der Waals surface area (Å²) in [6.07, 6.45) is 1.93. The Labute approximate surface area is 250 Å². The van der Waals surface area contributed by atoms with Crippen molar-refractivity contribution < 1.29 is 8.83 Å². The fourth-order valence-corrected chi connectivity index (χ4v) is 8.28. The summed E-state index contributed by atoms with van der Waals surface area (Å²) in [6.45, 7) is 0. The maximum Gasteiger partial charge on any atom is 0.136 e. The molecule has 0 aliphatic heterocycles. The van der Waals surface area contributed by atoms with Gasteiger partial charge in [-0.25, -0.2) is 0 Å². The molecule has 0 aliphatic carbocycles. The van der Waals surface area contributed by atoms with Crippen molar-refractivity contribution in [1.82, 2.24) is 0 Å². The van der Waals surface area contributed by atoms with Gasteiger partial charge in [-0.05, 0) is 63.0 Å². The number of thiophene rings is 1. The summed E-state index contributed by atoms with van der Waals surface area (Å²) in [5.74, 6) is 0. The van der Waals surface area contributed by atoms with Crippen LogP contribution in [0, 0.1) is 0 Å². The zero-order valence-corrected chi connectivity index (χ0v) is 23.7. The minimum atomic E-state index is 0.863. The molecular formula is C40H22O2S. The van der Waals surface area contributed by atoms with Gasteiger partial charge in [-0.2, -0.15) is 0 Å². The van der Waals surface area contributed by atoms with E-state index in [9.17, 15) is 0 Å². The first kappa shape index (κ1) is 23.2. The number of benzene rings is 7. The Morgan fingerprint density at radius 2 is 1.02 bits per heavy atom. The fourth-order valence-electron chi connectivity index (χ4n) is 7.14. The monoisotopic (exact) mass is 566 g/mol. The van der Waals surface area contributed by atoms with Gasteiger partial charge in [-0.15, -0.1) is 11.3 Å². The molecule has 7 aromatic carbocycles. The van der Waals surface area contributed by atoms with Gasteiger partial charge in [0, 0.05) is 47.5 Å². The van der Waals surface area contributed by atoms with Crippen LogP contribution < -0.4 is 0 Å². The number of furan rings is 2. The Morgan fingerprint density at radius 1 is 0.419 bits per heavy atom. The highest BCUT2D eigenvalue weighted by Gasteiger charge is 2.22. The third-order valence-corrected chi connectivity index (χ3v) is 10.1. The lowest BCUT2D eigenvalue weighted by Crippen LogP contribution is -1.90. The molecule has 0 fully saturated rings. The van der Waals surface area contributed by atoms with Crippen molar-refractivity contribution in [2.45, 2.75) is 0 Å². The van der Waals surface area contributed by atoms with E-state index in [2.05, 4.69) is 103 Å². The van der Waals surface area contributed by atoms with Crippen LogP contribution in [0.1, 0.15) is 0 Å². The lowest BCUT2D eigenvalue weighted by Gasteiger charge is -2.17. The molecule has 0 bridgehead atoms. The molecule has 0 radical (unpaired) electrons.